The summed E-state index contributed by atoms with van der Waals surface area (Å²) in [7, 11) is 5.41. The quantitative estimate of drug-likeness (QED) is 0.372. The van der Waals surface area contributed by atoms with Crippen molar-refractivity contribution in [2.75, 3.05) is 28.4 Å². The van der Waals surface area contributed by atoms with E-state index in [2.05, 4.69) is 0 Å². The van der Waals surface area contributed by atoms with Gasteiger partial charge in [0, 0.05) is 23.3 Å². The highest BCUT2D eigenvalue weighted by atomic mass is 16.5. The first kappa shape index (κ1) is 23.1. The van der Waals surface area contributed by atoms with Gasteiger partial charge in [-0.25, -0.2) is 0 Å². The number of carbonyl (C=O) groups excluding carboxylic acids is 4. The van der Waals surface area contributed by atoms with E-state index in [1.807, 2.05) is 0 Å². The van der Waals surface area contributed by atoms with Gasteiger partial charge in [0.15, 0.2) is 23.0 Å². The Labute approximate surface area is 175 Å². The second-order valence-electron chi connectivity index (χ2n) is 6.75. The fourth-order valence-corrected chi connectivity index (χ4v) is 3.46. The van der Waals surface area contributed by atoms with Crippen molar-refractivity contribution in [3.63, 3.8) is 0 Å². The van der Waals surface area contributed by atoms with Gasteiger partial charge in [0.25, 0.3) is 0 Å². The van der Waals surface area contributed by atoms with Crippen molar-refractivity contribution in [3.05, 3.63) is 46.3 Å². The molecule has 8 heteroatoms. The molecule has 0 saturated heterocycles. The Bertz CT molecular complexity index is 798. The van der Waals surface area contributed by atoms with Crippen LogP contribution in [0.2, 0.25) is 0 Å². The van der Waals surface area contributed by atoms with E-state index in [0.717, 1.165) is 25.0 Å². The molecule has 0 heterocycles. The molecule has 0 bridgehead atoms. The molecule has 0 spiro atoms. The first-order valence-corrected chi connectivity index (χ1v) is 9.63. The van der Waals surface area contributed by atoms with Gasteiger partial charge in [0.1, 0.15) is 0 Å². The van der Waals surface area contributed by atoms with Gasteiger partial charge in [-0.15, -0.1) is 0 Å². The van der Waals surface area contributed by atoms with Crippen LogP contribution in [0, 0.1) is 0 Å². The largest absolute Gasteiger partial charge is 0.493 e. The number of unbranched alkanes of at least 4 members (excludes halogenated alkanes) is 3. The molecule has 0 saturated carbocycles. The molecule has 0 radical (unpaired) electrons. The number of Topliss-reactive ketones (excluding diaryl/α,β-unsaturated/α-hetero) is 2. The van der Waals surface area contributed by atoms with E-state index in [0.29, 0.717) is 36.8 Å². The second kappa shape index (κ2) is 10.6. The molecule has 0 aliphatic heterocycles. The first-order valence-electron chi connectivity index (χ1n) is 9.63. The van der Waals surface area contributed by atoms with E-state index in [4.69, 9.17) is 18.9 Å². The maximum atomic E-state index is 12.4. The van der Waals surface area contributed by atoms with Crippen molar-refractivity contribution < 1.29 is 38.1 Å². The molecule has 2 aliphatic carbocycles. The Morgan fingerprint density at radius 3 is 1.23 bits per heavy atom. The smallest absolute Gasteiger partial charge is 0.227 e. The van der Waals surface area contributed by atoms with Crippen LogP contribution in [0.1, 0.15) is 38.5 Å². The zero-order valence-corrected chi connectivity index (χ0v) is 17.7. The van der Waals surface area contributed by atoms with Gasteiger partial charge in [0.2, 0.25) is 23.1 Å². The Kier molecular flexibility index (Phi) is 8.15. The lowest BCUT2D eigenvalue weighted by molar-refractivity contribution is -0.120. The average molecular weight is 418 g/mol. The third-order valence-corrected chi connectivity index (χ3v) is 4.97. The van der Waals surface area contributed by atoms with E-state index in [1.165, 1.54) is 28.4 Å². The van der Waals surface area contributed by atoms with E-state index < -0.39 is 0 Å². The number of hydrogen-bond donors (Lipinski definition) is 0. The van der Waals surface area contributed by atoms with Crippen LogP contribution in [0.3, 0.4) is 0 Å². The van der Waals surface area contributed by atoms with Crippen LogP contribution in [0.4, 0.5) is 0 Å². The summed E-state index contributed by atoms with van der Waals surface area (Å²) in [5, 5.41) is 0. The van der Waals surface area contributed by atoms with E-state index >= 15 is 0 Å². The Balaban J connectivity index is 1.90. The minimum absolute atomic E-state index is 0.0114. The molecule has 8 nitrogen and oxygen atoms in total. The van der Waals surface area contributed by atoms with Crippen LogP contribution in [-0.2, 0) is 38.1 Å². The summed E-state index contributed by atoms with van der Waals surface area (Å²) in [5.74, 6) is -1.31. The fraction of sp³-hybridized carbons (Fsp3) is 0.455. The summed E-state index contributed by atoms with van der Waals surface area (Å²) in [5.41, 5.74) is 0.628. The van der Waals surface area contributed by atoms with Gasteiger partial charge in [0.05, 0.1) is 28.4 Å². The fourth-order valence-electron chi connectivity index (χ4n) is 3.46. The number of ether oxygens (including phenoxy) is 4. The van der Waals surface area contributed by atoms with Crippen molar-refractivity contribution in [2.45, 2.75) is 38.5 Å². The summed E-state index contributed by atoms with van der Waals surface area (Å²) in [6.07, 6.45) is 5.88. The highest BCUT2D eigenvalue weighted by molar-refractivity contribution is 6.21. The lowest BCUT2D eigenvalue weighted by atomic mass is 9.93. The Morgan fingerprint density at radius 1 is 0.567 bits per heavy atom. The first-order chi connectivity index (χ1) is 14.4. The number of hydrogen-bond acceptors (Lipinski definition) is 8. The summed E-state index contributed by atoms with van der Waals surface area (Å²) in [4.78, 5) is 48.9. The number of methoxy groups -OCH3 is 4. The molecular weight excluding hydrogens is 392 g/mol. The molecule has 0 aromatic rings. The SMILES string of the molecule is COC1=CC(=O)C(OC)=C(CCCCCCC2=C(OC)C(=O)C=C(OC)C2=O)C1=O. The lowest BCUT2D eigenvalue weighted by Gasteiger charge is -2.18. The zero-order chi connectivity index (χ0) is 22.3. The minimum atomic E-state index is -0.384. The average Bonchev–Trinajstić information content (AvgIpc) is 2.74. The third kappa shape index (κ3) is 4.87. The summed E-state index contributed by atoms with van der Waals surface area (Å²) in [6, 6.07) is 0. The molecule has 0 atom stereocenters. The van der Waals surface area contributed by atoms with E-state index in [-0.39, 0.29) is 46.2 Å². The lowest BCUT2D eigenvalue weighted by Crippen LogP contribution is -2.21. The molecule has 0 aromatic carbocycles. The van der Waals surface area contributed by atoms with Gasteiger partial charge in [-0.3, -0.25) is 19.2 Å². The van der Waals surface area contributed by atoms with E-state index in [1.54, 1.807) is 0 Å². The zero-order valence-electron chi connectivity index (χ0n) is 17.7. The van der Waals surface area contributed by atoms with Crippen molar-refractivity contribution in [1.29, 1.82) is 0 Å². The van der Waals surface area contributed by atoms with Crippen LogP contribution in [0.25, 0.3) is 0 Å². The third-order valence-electron chi connectivity index (χ3n) is 4.97. The molecule has 0 amide bonds. The van der Waals surface area contributed by atoms with Crippen molar-refractivity contribution in [2.24, 2.45) is 0 Å². The minimum Gasteiger partial charge on any atom is -0.493 e. The predicted octanol–water partition coefficient (Wildman–Crippen LogP) is 2.49. The van der Waals surface area contributed by atoms with Gasteiger partial charge in [-0.1, -0.05) is 12.8 Å². The van der Waals surface area contributed by atoms with Crippen LogP contribution in [-0.4, -0.2) is 51.6 Å². The van der Waals surface area contributed by atoms with Crippen LogP contribution in [0.5, 0.6) is 0 Å². The number of ketones is 4. The maximum Gasteiger partial charge on any atom is 0.227 e. The molecule has 162 valence electrons. The summed E-state index contributed by atoms with van der Waals surface area (Å²) in [6.45, 7) is 0. The molecular formula is C22H26O8. The van der Waals surface area contributed by atoms with Gasteiger partial charge < -0.3 is 18.9 Å². The van der Waals surface area contributed by atoms with Crippen molar-refractivity contribution in [1.82, 2.24) is 0 Å². The molecule has 0 N–H and O–H groups in total. The Hall–Kier alpha value is -3.16. The van der Waals surface area contributed by atoms with E-state index in [9.17, 15) is 19.2 Å². The van der Waals surface area contributed by atoms with Gasteiger partial charge >= 0.3 is 0 Å². The molecule has 0 unspecified atom stereocenters. The molecule has 2 rings (SSSR count). The highest BCUT2D eigenvalue weighted by Crippen LogP contribution is 2.27. The number of allylic oxidation sites excluding steroid dienone is 4. The normalized spacial score (nSPS) is 17.2. The van der Waals surface area contributed by atoms with Gasteiger partial charge in [-0.2, -0.15) is 0 Å². The monoisotopic (exact) mass is 418 g/mol. The van der Waals surface area contributed by atoms with Crippen LogP contribution >= 0.6 is 0 Å². The summed E-state index contributed by atoms with van der Waals surface area (Å²) >= 11 is 0. The van der Waals surface area contributed by atoms with Crippen molar-refractivity contribution in [3.8, 4) is 0 Å². The van der Waals surface area contributed by atoms with Crippen LogP contribution in [0.15, 0.2) is 46.3 Å². The molecule has 30 heavy (non-hydrogen) atoms. The molecule has 0 fully saturated rings. The maximum absolute atomic E-state index is 12.4. The predicted molar refractivity (Wildman–Crippen MR) is 106 cm³/mol. The number of rotatable bonds is 11. The van der Waals surface area contributed by atoms with Gasteiger partial charge in [-0.05, 0) is 25.7 Å². The summed E-state index contributed by atoms with van der Waals surface area (Å²) < 4.78 is 20.2. The van der Waals surface area contributed by atoms with Crippen molar-refractivity contribution >= 4 is 23.1 Å². The second-order valence-corrected chi connectivity index (χ2v) is 6.75. The van der Waals surface area contributed by atoms with Crippen LogP contribution < -0.4 is 0 Å². The Morgan fingerprint density at radius 2 is 0.933 bits per heavy atom. The number of carbonyl (C=O) groups is 4. The topological polar surface area (TPSA) is 105 Å². The highest BCUT2D eigenvalue weighted by Gasteiger charge is 2.31. The molecule has 0 aromatic heterocycles. The standard InChI is InChI=1S/C22H26O8/c1-27-17-11-15(23)21(29-3)13(19(17)25)9-7-5-6-8-10-14-20(26)18(28-2)12-16(24)22(14)30-4/h11-12H,5-10H2,1-4H3. The molecule has 2 aliphatic rings.